The SMILES string of the molecule is CCO/C(CO)=C(/C)CC/C=C(\C)CC/C=C(\C)CCC=C(C)C. The topological polar surface area (TPSA) is 29.5 Å². The molecule has 0 aromatic heterocycles. The van der Waals surface area contributed by atoms with Crippen LogP contribution in [0, 0.1) is 0 Å². The van der Waals surface area contributed by atoms with Gasteiger partial charge in [-0.25, -0.2) is 0 Å². The Morgan fingerprint density at radius 3 is 1.75 bits per heavy atom. The first kappa shape index (κ1) is 22.7. The zero-order valence-corrected chi connectivity index (χ0v) is 16.7. The Labute approximate surface area is 150 Å². The lowest BCUT2D eigenvalue weighted by atomic mass is 10.0. The molecule has 0 spiro atoms. The van der Waals surface area contributed by atoms with Crippen molar-refractivity contribution in [3.63, 3.8) is 0 Å². The van der Waals surface area contributed by atoms with E-state index in [-0.39, 0.29) is 6.61 Å². The molecule has 0 amide bonds. The highest BCUT2D eigenvalue weighted by Gasteiger charge is 2.01. The maximum Gasteiger partial charge on any atom is 0.120 e. The van der Waals surface area contributed by atoms with Crippen LogP contribution in [0.1, 0.15) is 80.1 Å². The molecule has 24 heavy (non-hydrogen) atoms. The molecule has 0 aliphatic rings. The van der Waals surface area contributed by atoms with Crippen molar-refractivity contribution in [2.75, 3.05) is 13.2 Å². The van der Waals surface area contributed by atoms with Crippen molar-refractivity contribution in [1.29, 1.82) is 0 Å². The fraction of sp³-hybridized carbons (Fsp3) is 0.636. The third-order valence-corrected chi connectivity index (χ3v) is 4.07. The number of rotatable bonds is 12. The van der Waals surface area contributed by atoms with E-state index in [1.807, 2.05) is 13.8 Å². The molecule has 2 heteroatoms. The first-order valence-corrected chi connectivity index (χ1v) is 9.27. The molecule has 0 atom stereocenters. The van der Waals surface area contributed by atoms with Gasteiger partial charge in [-0.3, -0.25) is 0 Å². The lowest BCUT2D eigenvalue weighted by molar-refractivity contribution is 0.167. The second-order valence-electron chi connectivity index (χ2n) is 6.79. The van der Waals surface area contributed by atoms with Gasteiger partial charge in [-0.2, -0.15) is 0 Å². The Bertz CT molecular complexity index is 460. The van der Waals surface area contributed by atoms with Crippen molar-refractivity contribution < 1.29 is 9.84 Å². The average molecular weight is 335 g/mol. The van der Waals surface area contributed by atoms with Crippen LogP contribution >= 0.6 is 0 Å². The summed E-state index contributed by atoms with van der Waals surface area (Å²) in [5.41, 5.74) is 5.49. The van der Waals surface area contributed by atoms with Crippen LogP contribution in [0.5, 0.6) is 0 Å². The van der Waals surface area contributed by atoms with Crippen LogP contribution in [0.15, 0.2) is 46.3 Å². The first-order chi connectivity index (χ1) is 11.4. The summed E-state index contributed by atoms with van der Waals surface area (Å²) >= 11 is 0. The van der Waals surface area contributed by atoms with Gasteiger partial charge < -0.3 is 9.84 Å². The predicted octanol–water partition coefficient (Wildman–Crippen LogP) is 6.49. The Balaban J connectivity index is 4.17. The lowest BCUT2D eigenvalue weighted by Crippen LogP contribution is -2.00. The number of aliphatic hydroxyl groups excluding tert-OH is 1. The summed E-state index contributed by atoms with van der Waals surface area (Å²) in [5, 5.41) is 9.29. The molecular formula is C22H38O2. The molecule has 2 nitrogen and oxygen atoms in total. The minimum absolute atomic E-state index is 0.000808. The quantitative estimate of drug-likeness (QED) is 0.326. The highest BCUT2D eigenvalue weighted by molar-refractivity contribution is 5.09. The highest BCUT2D eigenvalue weighted by atomic mass is 16.5. The molecule has 0 saturated carbocycles. The molecule has 1 N–H and O–H groups in total. The number of hydrogen-bond acceptors (Lipinski definition) is 2. The molecule has 0 saturated heterocycles. The average Bonchev–Trinajstić information content (AvgIpc) is 2.52. The van der Waals surface area contributed by atoms with E-state index in [1.54, 1.807) is 0 Å². The molecule has 0 heterocycles. The van der Waals surface area contributed by atoms with Gasteiger partial charge in [-0.05, 0) is 85.6 Å². The van der Waals surface area contributed by atoms with Crippen LogP contribution < -0.4 is 0 Å². The zero-order valence-electron chi connectivity index (χ0n) is 16.7. The van der Waals surface area contributed by atoms with Crippen molar-refractivity contribution in [2.45, 2.75) is 80.1 Å². The number of hydrogen-bond donors (Lipinski definition) is 1. The maximum absolute atomic E-state index is 9.29. The number of aliphatic hydroxyl groups is 1. The Kier molecular flexibility index (Phi) is 13.3. The van der Waals surface area contributed by atoms with E-state index in [2.05, 4.69) is 45.9 Å². The zero-order chi connectivity index (χ0) is 18.4. The molecule has 0 rings (SSSR count). The van der Waals surface area contributed by atoms with Crippen LogP contribution in [0.25, 0.3) is 0 Å². The summed E-state index contributed by atoms with van der Waals surface area (Å²) < 4.78 is 5.45. The molecule has 0 aliphatic heterocycles. The molecule has 0 unspecified atom stereocenters. The fourth-order valence-corrected chi connectivity index (χ4v) is 2.49. The van der Waals surface area contributed by atoms with Gasteiger partial charge in [-0.15, -0.1) is 0 Å². The van der Waals surface area contributed by atoms with Crippen LogP contribution in [0.3, 0.4) is 0 Å². The molecule has 0 aromatic rings. The van der Waals surface area contributed by atoms with Crippen molar-refractivity contribution in [1.82, 2.24) is 0 Å². The van der Waals surface area contributed by atoms with Gasteiger partial charge in [0.2, 0.25) is 0 Å². The third kappa shape index (κ3) is 12.2. The summed E-state index contributed by atoms with van der Waals surface area (Å²) in [4.78, 5) is 0. The van der Waals surface area contributed by atoms with E-state index in [9.17, 15) is 5.11 Å². The van der Waals surface area contributed by atoms with Crippen molar-refractivity contribution >= 4 is 0 Å². The van der Waals surface area contributed by atoms with E-state index >= 15 is 0 Å². The second-order valence-corrected chi connectivity index (χ2v) is 6.79. The number of allylic oxidation sites excluding steroid dienone is 7. The van der Waals surface area contributed by atoms with Crippen molar-refractivity contribution in [2.24, 2.45) is 0 Å². The Morgan fingerprint density at radius 2 is 1.29 bits per heavy atom. The van der Waals surface area contributed by atoms with Gasteiger partial charge in [-0.1, -0.05) is 34.9 Å². The molecule has 0 aromatic carbocycles. The lowest BCUT2D eigenvalue weighted by Gasteiger charge is -2.10. The third-order valence-electron chi connectivity index (χ3n) is 4.07. The van der Waals surface area contributed by atoms with E-state index in [0.717, 1.165) is 43.4 Å². The first-order valence-electron chi connectivity index (χ1n) is 9.27. The number of ether oxygens (including phenoxy) is 1. The summed E-state index contributed by atoms with van der Waals surface area (Å²) in [7, 11) is 0. The monoisotopic (exact) mass is 334 g/mol. The van der Waals surface area contributed by atoms with Gasteiger partial charge in [0.1, 0.15) is 12.4 Å². The summed E-state index contributed by atoms with van der Waals surface area (Å²) in [6.07, 6.45) is 13.5. The molecule has 138 valence electrons. The smallest absolute Gasteiger partial charge is 0.120 e. The largest absolute Gasteiger partial charge is 0.496 e. The molecule has 0 aliphatic carbocycles. The summed E-state index contributed by atoms with van der Waals surface area (Å²) in [5.74, 6) is 0.735. The minimum atomic E-state index is -0.000808. The van der Waals surface area contributed by atoms with E-state index < -0.39 is 0 Å². The molecule has 0 bridgehead atoms. The van der Waals surface area contributed by atoms with Gasteiger partial charge in [0, 0.05) is 0 Å². The molecule has 0 radical (unpaired) electrons. The highest BCUT2D eigenvalue weighted by Crippen LogP contribution is 2.15. The second kappa shape index (κ2) is 14.1. The van der Waals surface area contributed by atoms with Gasteiger partial charge in [0.05, 0.1) is 6.61 Å². The summed E-state index contributed by atoms with van der Waals surface area (Å²) in [6, 6.07) is 0. The van der Waals surface area contributed by atoms with Crippen LogP contribution in [0.4, 0.5) is 0 Å². The standard InChI is InChI=1S/C22H38O2/c1-7-24-22(17-23)21(6)16-10-15-20(5)14-9-13-19(4)12-8-11-18(2)3/h11,13,15,23H,7-10,12,14,16-17H2,1-6H3/b19-13+,20-15+,22-21-. The maximum atomic E-state index is 9.29. The normalized spacial score (nSPS) is 13.6. The molecule has 0 fully saturated rings. The Morgan fingerprint density at radius 1 is 0.792 bits per heavy atom. The van der Waals surface area contributed by atoms with E-state index in [0.29, 0.717) is 6.61 Å². The van der Waals surface area contributed by atoms with Gasteiger partial charge in [0.25, 0.3) is 0 Å². The van der Waals surface area contributed by atoms with Crippen LogP contribution in [-0.2, 0) is 4.74 Å². The Hall–Kier alpha value is -1.28. The van der Waals surface area contributed by atoms with E-state index in [1.165, 1.54) is 23.1 Å². The molecular weight excluding hydrogens is 296 g/mol. The van der Waals surface area contributed by atoms with E-state index in [4.69, 9.17) is 4.74 Å². The van der Waals surface area contributed by atoms with Crippen molar-refractivity contribution in [3.8, 4) is 0 Å². The fourth-order valence-electron chi connectivity index (χ4n) is 2.49. The van der Waals surface area contributed by atoms with Crippen molar-refractivity contribution in [3.05, 3.63) is 46.3 Å². The summed E-state index contributed by atoms with van der Waals surface area (Å²) in [6.45, 7) is 13.4. The van der Waals surface area contributed by atoms with Gasteiger partial charge in [0.15, 0.2) is 0 Å². The minimum Gasteiger partial charge on any atom is -0.496 e. The van der Waals surface area contributed by atoms with Gasteiger partial charge >= 0.3 is 0 Å². The predicted molar refractivity (Wildman–Crippen MR) is 106 cm³/mol. The van der Waals surface area contributed by atoms with Crippen LogP contribution in [0.2, 0.25) is 0 Å². The van der Waals surface area contributed by atoms with Crippen LogP contribution in [-0.4, -0.2) is 18.3 Å².